The molecule has 0 saturated heterocycles. The summed E-state index contributed by atoms with van der Waals surface area (Å²) in [5.74, 6) is 0. The number of hydrogen-bond donors (Lipinski definition) is 1. The van der Waals surface area contributed by atoms with Crippen LogP contribution in [0.5, 0.6) is 0 Å². The van der Waals surface area contributed by atoms with Crippen molar-refractivity contribution in [1.82, 2.24) is 4.90 Å². The third-order valence-electron chi connectivity index (χ3n) is 2.03. The van der Waals surface area contributed by atoms with E-state index in [-0.39, 0.29) is 6.04 Å². The molecule has 1 heterocycles. The van der Waals surface area contributed by atoms with Crippen LogP contribution in [-0.4, -0.2) is 35.5 Å². The number of nitrogens with zero attached hydrogens (tertiary/aromatic N) is 2. The van der Waals surface area contributed by atoms with Gasteiger partial charge in [-0.15, -0.1) is 0 Å². The van der Waals surface area contributed by atoms with Gasteiger partial charge in [0.05, 0.1) is 11.8 Å². The molecule has 0 aliphatic carbocycles. The molecule has 11 heavy (non-hydrogen) atoms. The van der Waals surface area contributed by atoms with Crippen LogP contribution in [0.3, 0.4) is 0 Å². The summed E-state index contributed by atoms with van der Waals surface area (Å²) in [5, 5.41) is 11.7. The lowest BCUT2D eigenvalue weighted by molar-refractivity contribution is 0.293. The Balaban J connectivity index is 2.69. The van der Waals surface area contributed by atoms with Crippen LogP contribution >= 0.6 is 0 Å². The maximum Gasteiger partial charge on any atom is 0.0750 e. The second kappa shape index (κ2) is 3.53. The summed E-state index contributed by atoms with van der Waals surface area (Å²) < 4.78 is 0. The van der Waals surface area contributed by atoms with E-state index in [1.54, 1.807) is 0 Å². The molecule has 3 heteroatoms. The zero-order valence-electron chi connectivity index (χ0n) is 6.99. The Hall–Kier alpha value is -0.830. The molecule has 0 fully saturated rings. The Morgan fingerprint density at radius 2 is 2.45 bits per heavy atom. The van der Waals surface area contributed by atoms with Gasteiger partial charge in [-0.05, 0) is 20.4 Å². The Kier molecular flexibility index (Phi) is 2.65. The van der Waals surface area contributed by atoms with Gasteiger partial charge in [0.25, 0.3) is 0 Å². The summed E-state index contributed by atoms with van der Waals surface area (Å²) in [6, 6.07) is 0.189. The minimum atomic E-state index is 0.189. The fraction of sp³-hybridized carbons (Fsp3) is 0.625. The van der Waals surface area contributed by atoms with Crippen LogP contribution in [0, 0.1) is 0 Å². The highest BCUT2D eigenvalue weighted by Gasteiger charge is 2.16. The van der Waals surface area contributed by atoms with Gasteiger partial charge in [0.2, 0.25) is 0 Å². The SMILES string of the molecule is CC(=NO)C1C=CCCN1C. The highest BCUT2D eigenvalue weighted by atomic mass is 16.4. The monoisotopic (exact) mass is 154 g/mol. The van der Waals surface area contributed by atoms with Crippen molar-refractivity contribution >= 4 is 5.71 Å². The lowest BCUT2D eigenvalue weighted by Crippen LogP contribution is -2.38. The Labute approximate surface area is 67.0 Å². The quantitative estimate of drug-likeness (QED) is 0.266. The predicted octanol–water partition coefficient (Wildman–Crippen LogP) is 1.10. The van der Waals surface area contributed by atoms with Crippen LogP contribution in [0.4, 0.5) is 0 Å². The Morgan fingerprint density at radius 3 is 3.00 bits per heavy atom. The summed E-state index contributed by atoms with van der Waals surface area (Å²) in [7, 11) is 2.03. The summed E-state index contributed by atoms with van der Waals surface area (Å²) in [4.78, 5) is 2.16. The van der Waals surface area contributed by atoms with Crippen molar-refractivity contribution in [3.05, 3.63) is 12.2 Å². The van der Waals surface area contributed by atoms with Crippen molar-refractivity contribution in [2.24, 2.45) is 5.16 Å². The molecule has 1 atom stereocenters. The number of oxime groups is 1. The number of likely N-dealkylation sites (N-methyl/N-ethyl adjacent to an activating group) is 1. The normalized spacial score (nSPS) is 27.5. The molecule has 1 rings (SSSR count). The molecule has 0 amide bonds. The van der Waals surface area contributed by atoms with Crippen LogP contribution in [0.15, 0.2) is 17.3 Å². The summed E-state index contributed by atoms with van der Waals surface area (Å²) in [6.45, 7) is 2.87. The van der Waals surface area contributed by atoms with Crippen molar-refractivity contribution in [2.45, 2.75) is 19.4 Å². The van der Waals surface area contributed by atoms with E-state index < -0.39 is 0 Å². The standard InChI is InChI=1S/C8H14N2O/c1-7(9-11)8-5-3-4-6-10(8)2/h3,5,8,11H,4,6H2,1-2H3. The number of hydrogen-bond acceptors (Lipinski definition) is 3. The minimum absolute atomic E-state index is 0.189. The largest absolute Gasteiger partial charge is 0.411 e. The highest BCUT2D eigenvalue weighted by molar-refractivity contribution is 5.88. The Bertz CT molecular complexity index is 187. The highest BCUT2D eigenvalue weighted by Crippen LogP contribution is 2.08. The van der Waals surface area contributed by atoms with Gasteiger partial charge < -0.3 is 5.21 Å². The van der Waals surface area contributed by atoms with E-state index in [2.05, 4.69) is 22.2 Å². The summed E-state index contributed by atoms with van der Waals surface area (Å²) in [6.07, 6.45) is 5.28. The lowest BCUT2D eigenvalue weighted by atomic mass is 10.1. The molecule has 0 aromatic carbocycles. The molecule has 0 aromatic heterocycles. The second-order valence-electron chi connectivity index (χ2n) is 2.88. The zero-order valence-corrected chi connectivity index (χ0v) is 6.99. The van der Waals surface area contributed by atoms with Crippen molar-refractivity contribution in [3.63, 3.8) is 0 Å². The Morgan fingerprint density at radius 1 is 1.73 bits per heavy atom. The molecular formula is C8H14N2O. The van der Waals surface area contributed by atoms with E-state index in [4.69, 9.17) is 5.21 Å². The molecule has 1 aliphatic heterocycles. The molecule has 62 valence electrons. The fourth-order valence-electron chi connectivity index (χ4n) is 1.31. The maximum absolute atomic E-state index is 8.53. The van der Waals surface area contributed by atoms with Gasteiger partial charge in [0.1, 0.15) is 0 Å². The van der Waals surface area contributed by atoms with E-state index >= 15 is 0 Å². The first kappa shape index (κ1) is 8.27. The van der Waals surface area contributed by atoms with Crippen molar-refractivity contribution < 1.29 is 5.21 Å². The van der Waals surface area contributed by atoms with Crippen LogP contribution in [0.2, 0.25) is 0 Å². The first-order valence-electron chi connectivity index (χ1n) is 3.81. The van der Waals surface area contributed by atoms with Gasteiger partial charge >= 0.3 is 0 Å². The van der Waals surface area contributed by atoms with Gasteiger partial charge in [0, 0.05) is 6.54 Å². The predicted molar refractivity (Wildman–Crippen MR) is 45.1 cm³/mol. The minimum Gasteiger partial charge on any atom is -0.411 e. The average molecular weight is 154 g/mol. The molecule has 0 bridgehead atoms. The molecule has 1 unspecified atom stereocenters. The fourth-order valence-corrected chi connectivity index (χ4v) is 1.31. The average Bonchev–Trinajstić information content (AvgIpc) is 2.04. The van der Waals surface area contributed by atoms with E-state index in [0.717, 1.165) is 18.7 Å². The molecule has 1 N–H and O–H groups in total. The van der Waals surface area contributed by atoms with Crippen molar-refractivity contribution in [1.29, 1.82) is 0 Å². The number of rotatable bonds is 1. The van der Waals surface area contributed by atoms with Crippen LogP contribution in [-0.2, 0) is 0 Å². The summed E-state index contributed by atoms with van der Waals surface area (Å²) in [5.41, 5.74) is 0.753. The molecular weight excluding hydrogens is 140 g/mol. The van der Waals surface area contributed by atoms with E-state index in [9.17, 15) is 0 Å². The molecule has 0 radical (unpaired) electrons. The lowest BCUT2D eigenvalue weighted by Gasteiger charge is -2.27. The third kappa shape index (κ3) is 1.80. The smallest absolute Gasteiger partial charge is 0.0750 e. The first-order valence-corrected chi connectivity index (χ1v) is 3.81. The maximum atomic E-state index is 8.53. The third-order valence-corrected chi connectivity index (χ3v) is 2.03. The van der Waals surface area contributed by atoms with Gasteiger partial charge in [-0.1, -0.05) is 17.3 Å². The molecule has 0 saturated carbocycles. The van der Waals surface area contributed by atoms with Crippen LogP contribution < -0.4 is 0 Å². The van der Waals surface area contributed by atoms with Gasteiger partial charge in [-0.2, -0.15) is 0 Å². The van der Waals surface area contributed by atoms with Gasteiger partial charge in [-0.3, -0.25) is 4.90 Å². The molecule has 3 nitrogen and oxygen atoms in total. The van der Waals surface area contributed by atoms with Crippen LogP contribution in [0.1, 0.15) is 13.3 Å². The molecule has 0 spiro atoms. The van der Waals surface area contributed by atoms with E-state index in [0.29, 0.717) is 0 Å². The van der Waals surface area contributed by atoms with Crippen LogP contribution in [0.25, 0.3) is 0 Å². The second-order valence-corrected chi connectivity index (χ2v) is 2.88. The van der Waals surface area contributed by atoms with Gasteiger partial charge in [-0.25, -0.2) is 0 Å². The zero-order chi connectivity index (χ0) is 8.27. The van der Waals surface area contributed by atoms with Crippen molar-refractivity contribution in [3.8, 4) is 0 Å². The topological polar surface area (TPSA) is 35.8 Å². The first-order chi connectivity index (χ1) is 5.25. The molecule has 0 aromatic rings. The van der Waals surface area contributed by atoms with E-state index in [1.165, 1.54) is 0 Å². The van der Waals surface area contributed by atoms with Crippen molar-refractivity contribution in [2.75, 3.05) is 13.6 Å². The van der Waals surface area contributed by atoms with Gasteiger partial charge in [0.15, 0.2) is 0 Å². The summed E-state index contributed by atoms with van der Waals surface area (Å²) >= 11 is 0. The van der Waals surface area contributed by atoms with E-state index in [1.807, 2.05) is 14.0 Å². The molecule has 1 aliphatic rings.